The van der Waals surface area contributed by atoms with Gasteiger partial charge in [-0.1, -0.05) is 6.92 Å². The Bertz CT molecular complexity index is 652. The van der Waals surface area contributed by atoms with Gasteiger partial charge in [0, 0.05) is 30.3 Å². The first-order valence-corrected chi connectivity index (χ1v) is 8.15. The zero-order chi connectivity index (χ0) is 14.8. The van der Waals surface area contributed by atoms with Crippen molar-refractivity contribution >= 4 is 28.5 Å². The maximum atomic E-state index is 13.8. The van der Waals surface area contributed by atoms with Crippen LogP contribution < -0.4 is 9.64 Å². The molecule has 6 heteroatoms. The predicted octanol–water partition coefficient (Wildman–Crippen LogP) is 2.97. The van der Waals surface area contributed by atoms with Crippen molar-refractivity contribution in [3.05, 3.63) is 24.3 Å². The van der Waals surface area contributed by atoms with Crippen LogP contribution in [0.5, 0.6) is 5.75 Å². The van der Waals surface area contributed by atoms with Crippen LogP contribution in [-0.4, -0.2) is 41.7 Å². The van der Waals surface area contributed by atoms with Crippen molar-refractivity contribution in [3.8, 4) is 5.75 Å². The van der Waals surface area contributed by atoms with Crippen LogP contribution in [0.1, 0.15) is 6.92 Å². The second kappa shape index (κ2) is 6.05. The zero-order valence-corrected chi connectivity index (χ0v) is 13.0. The Kier molecular flexibility index (Phi) is 4.14. The first-order chi connectivity index (χ1) is 10.2. The molecule has 0 bridgehead atoms. The standard InChI is InChI=1S/C15H18FN3OS/c1-10-7-19(3-4-21-8-10)15-11-5-14(20-2)12(16)6-13(11)17-9-18-15/h5-6,9-10H,3-4,7-8H2,1-2H3. The molecule has 0 aliphatic carbocycles. The van der Waals surface area contributed by atoms with E-state index in [2.05, 4.69) is 21.8 Å². The normalized spacial score (nSPS) is 19.6. The number of nitrogens with zero attached hydrogens (tertiary/aromatic N) is 3. The van der Waals surface area contributed by atoms with Gasteiger partial charge in [-0.2, -0.15) is 11.8 Å². The lowest BCUT2D eigenvalue weighted by Crippen LogP contribution is -2.30. The SMILES string of the molecule is COc1cc2c(N3CCSCC(C)C3)ncnc2cc1F. The van der Waals surface area contributed by atoms with Gasteiger partial charge in [0.25, 0.3) is 0 Å². The van der Waals surface area contributed by atoms with E-state index < -0.39 is 5.82 Å². The van der Waals surface area contributed by atoms with Crippen LogP contribution in [0, 0.1) is 11.7 Å². The summed E-state index contributed by atoms with van der Waals surface area (Å²) in [4.78, 5) is 10.9. The molecular weight excluding hydrogens is 289 g/mol. The van der Waals surface area contributed by atoms with Crippen molar-refractivity contribution in [3.63, 3.8) is 0 Å². The summed E-state index contributed by atoms with van der Waals surface area (Å²) >= 11 is 1.97. The smallest absolute Gasteiger partial charge is 0.167 e. The highest BCUT2D eigenvalue weighted by atomic mass is 32.2. The van der Waals surface area contributed by atoms with Gasteiger partial charge in [0.05, 0.1) is 12.6 Å². The number of hydrogen-bond donors (Lipinski definition) is 0. The van der Waals surface area contributed by atoms with Gasteiger partial charge in [0.1, 0.15) is 12.1 Å². The molecule has 2 heterocycles. The third-order valence-electron chi connectivity index (χ3n) is 3.63. The highest BCUT2D eigenvalue weighted by molar-refractivity contribution is 7.99. The lowest BCUT2D eigenvalue weighted by Gasteiger charge is -2.24. The van der Waals surface area contributed by atoms with Crippen LogP contribution in [0.25, 0.3) is 10.9 Å². The number of anilines is 1. The van der Waals surface area contributed by atoms with Crippen molar-refractivity contribution < 1.29 is 9.13 Å². The fourth-order valence-electron chi connectivity index (χ4n) is 2.62. The third kappa shape index (κ3) is 2.90. The van der Waals surface area contributed by atoms with Crippen molar-refractivity contribution in [2.75, 3.05) is 36.6 Å². The monoisotopic (exact) mass is 307 g/mol. The van der Waals surface area contributed by atoms with Gasteiger partial charge < -0.3 is 9.64 Å². The Hall–Kier alpha value is -1.56. The number of hydrogen-bond acceptors (Lipinski definition) is 5. The molecule has 0 spiro atoms. The summed E-state index contributed by atoms with van der Waals surface area (Å²) in [5, 5.41) is 0.842. The molecule has 2 aromatic rings. The van der Waals surface area contributed by atoms with E-state index in [-0.39, 0.29) is 5.75 Å². The van der Waals surface area contributed by atoms with Crippen LogP contribution in [0.15, 0.2) is 18.5 Å². The second-order valence-corrected chi connectivity index (χ2v) is 6.48. The molecule has 0 saturated carbocycles. The van der Waals surface area contributed by atoms with E-state index in [1.54, 1.807) is 6.07 Å². The van der Waals surface area contributed by atoms with Crippen LogP contribution in [0.4, 0.5) is 10.2 Å². The molecular formula is C15H18FN3OS. The number of ether oxygens (including phenoxy) is 1. The van der Waals surface area contributed by atoms with Crippen LogP contribution >= 0.6 is 11.8 Å². The summed E-state index contributed by atoms with van der Waals surface area (Å²) in [6, 6.07) is 3.11. The molecule has 1 aromatic carbocycles. The van der Waals surface area contributed by atoms with E-state index in [9.17, 15) is 4.39 Å². The molecule has 0 N–H and O–H groups in total. The number of thioether (sulfide) groups is 1. The first kappa shape index (κ1) is 14.4. The number of rotatable bonds is 2. The fraction of sp³-hybridized carbons (Fsp3) is 0.467. The molecule has 1 fully saturated rings. The summed E-state index contributed by atoms with van der Waals surface area (Å²) in [6.45, 7) is 4.15. The molecule has 3 rings (SSSR count). The number of aromatic nitrogens is 2. The van der Waals surface area contributed by atoms with E-state index in [1.165, 1.54) is 19.5 Å². The minimum absolute atomic E-state index is 0.232. The summed E-state index contributed by atoms with van der Waals surface area (Å²) in [5.41, 5.74) is 0.614. The number of benzene rings is 1. The van der Waals surface area contributed by atoms with Gasteiger partial charge in [-0.3, -0.25) is 0 Å². The predicted molar refractivity (Wildman–Crippen MR) is 84.8 cm³/mol. The minimum atomic E-state index is -0.394. The maximum Gasteiger partial charge on any atom is 0.167 e. The van der Waals surface area contributed by atoms with E-state index in [4.69, 9.17) is 4.74 Å². The van der Waals surface area contributed by atoms with Crippen molar-refractivity contribution in [2.45, 2.75) is 6.92 Å². The van der Waals surface area contributed by atoms with Crippen molar-refractivity contribution in [2.24, 2.45) is 5.92 Å². The number of methoxy groups -OCH3 is 1. The van der Waals surface area contributed by atoms with Crippen LogP contribution in [0.2, 0.25) is 0 Å². The van der Waals surface area contributed by atoms with Gasteiger partial charge in [0.15, 0.2) is 11.6 Å². The molecule has 1 atom stereocenters. The lowest BCUT2D eigenvalue weighted by molar-refractivity contribution is 0.387. The molecule has 1 aliphatic rings. The van der Waals surface area contributed by atoms with E-state index >= 15 is 0 Å². The van der Waals surface area contributed by atoms with Gasteiger partial charge in [0.2, 0.25) is 0 Å². The highest BCUT2D eigenvalue weighted by Crippen LogP contribution is 2.30. The Labute approximate surface area is 127 Å². The zero-order valence-electron chi connectivity index (χ0n) is 12.2. The summed E-state index contributed by atoms with van der Waals surface area (Å²) in [5.74, 6) is 3.55. The van der Waals surface area contributed by atoms with E-state index in [0.29, 0.717) is 11.4 Å². The van der Waals surface area contributed by atoms with Crippen LogP contribution in [-0.2, 0) is 0 Å². The molecule has 112 valence electrons. The first-order valence-electron chi connectivity index (χ1n) is 7.00. The Balaban J connectivity index is 2.08. The average molecular weight is 307 g/mol. The summed E-state index contributed by atoms with van der Waals surface area (Å²) < 4.78 is 18.9. The molecule has 21 heavy (non-hydrogen) atoms. The van der Waals surface area contributed by atoms with Gasteiger partial charge in [-0.25, -0.2) is 14.4 Å². The van der Waals surface area contributed by atoms with Crippen molar-refractivity contribution in [1.29, 1.82) is 0 Å². The molecule has 4 nitrogen and oxygen atoms in total. The molecule has 0 amide bonds. The Morgan fingerprint density at radius 2 is 2.24 bits per heavy atom. The number of fused-ring (bicyclic) bond motifs is 1. The number of halogens is 1. The van der Waals surface area contributed by atoms with E-state index in [0.717, 1.165) is 35.8 Å². The van der Waals surface area contributed by atoms with Crippen LogP contribution in [0.3, 0.4) is 0 Å². The van der Waals surface area contributed by atoms with Gasteiger partial charge in [-0.15, -0.1) is 0 Å². The topological polar surface area (TPSA) is 38.2 Å². The molecule has 1 unspecified atom stereocenters. The van der Waals surface area contributed by atoms with Gasteiger partial charge in [-0.05, 0) is 17.7 Å². The molecule has 1 aliphatic heterocycles. The molecule has 1 saturated heterocycles. The van der Waals surface area contributed by atoms with E-state index in [1.807, 2.05) is 11.8 Å². The van der Waals surface area contributed by atoms with Gasteiger partial charge >= 0.3 is 0 Å². The largest absolute Gasteiger partial charge is 0.494 e. The quantitative estimate of drug-likeness (QED) is 0.853. The highest BCUT2D eigenvalue weighted by Gasteiger charge is 2.19. The fourth-order valence-corrected chi connectivity index (χ4v) is 3.65. The summed E-state index contributed by atoms with van der Waals surface area (Å²) in [6.07, 6.45) is 1.51. The Morgan fingerprint density at radius 3 is 3.05 bits per heavy atom. The second-order valence-electron chi connectivity index (χ2n) is 5.33. The molecule has 0 radical (unpaired) electrons. The lowest BCUT2D eigenvalue weighted by atomic mass is 10.1. The average Bonchev–Trinajstić information content (AvgIpc) is 2.70. The molecule has 1 aromatic heterocycles. The third-order valence-corrected chi connectivity index (χ3v) is 4.90. The Morgan fingerprint density at radius 1 is 1.38 bits per heavy atom. The van der Waals surface area contributed by atoms with Crippen molar-refractivity contribution in [1.82, 2.24) is 9.97 Å². The minimum Gasteiger partial charge on any atom is -0.494 e. The summed E-state index contributed by atoms with van der Waals surface area (Å²) in [7, 11) is 1.47. The maximum absolute atomic E-state index is 13.8.